The van der Waals surface area contributed by atoms with Gasteiger partial charge in [0.25, 0.3) is 0 Å². The number of rotatable bonds is 5. The van der Waals surface area contributed by atoms with E-state index in [0.717, 1.165) is 58.8 Å². The van der Waals surface area contributed by atoms with Crippen molar-refractivity contribution in [2.75, 3.05) is 39.5 Å². The zero-order chi connectivity index (χ0) is 13.7. The third-order valence-electron chi connectivity index (χ3n) is 5.04. The van der Waals surface area contributed by atoms with Crippen molar-refractivity contribution in [3.8, 4) is 0 Å². The van der Waals surface area contributed by atoms with Gasteiger partial charge in [0.05, 0.1) is 13.2 Å². The molecule has 2 unspecified atom stereocenters. The molecule has 0 aromatic rings. The summed E-state index contributed by atoms with van der Waals surface area (Å²) in [7, 11) is 0. The van der Waals surface area contributed by atoms with E-state index in [1.165, 1.54) is 0 Å². The van der Waals surface area contributed by atoms with E-state index in [1.807, 2.05) is 0 Å². The first-order valence-electron chi connectivity index (χ1n) is 7.59. The van der Waals surface area contributed by atoms with Gasteiger partial charge in [-0.1, -0.05) is 6.92 Å². The van der Waals surface area contributed by atoms with Crippen molar-refractivity contribution in [3.05, 3.63) is 0 Å². The summed E-state index contributed by atoms with van der Waals surface area (Å²) in [5, 5.41) is 0. The minimum absolute atomic E-state index is 0.0978. The number of nitrogens with zero attached hydrogens (tertiary/aromatic N) is 1. The average Bonchev–Trinajstić information content (AvgIpc) is 2.49. The van der Waals surface area contributed by atoms with Crippen LogP contribution in [0, 0.1) is 5.92 Å². The fourth-order valence-electron chi connectivity index (χ4n) is 3.59. The Hall–Kier alpha value is -0.200. The Labute approximate surface area is 116 Å². The molecule has 19 heavy (non-hydrogen) atoms. The number of nitrogens with two attached hydrogens (primary N) is 1. The van der Waals surface area contributed by atoms with E-state index in [4.69, 9.17) is 15.3 Å². The molecule has 2 aliphatic rings. The third-order valence-corrected chi connectivity index (χ3v) is 5.04. The second-order valence-corrected chi connectivity index (χ2v) is 5.90. The number of nitrogens with one attached hydrogen (secondary N) is 1. The molecule has 2 heterocycles. The molecule has 3 N–H and O–H groups in total. The Bertz CT molecular complexity index is 265. The van der Waals surface area contributed by atoms with Crippen molar-refractivity contribution in [2.24, 2.45) is 11.8 Å². The highest BCUT2D eigenvalue weighted by Gasteiger charge is 2.42. The number of hydrogen-bond donors (Lipinski definition) is 2. The maximum atomic E-state index is 5.92. The molecular weight excluding hydrogens is 242 g/mol. The first-order valence-corrected chi connectivity index (χ1v) is 7.59. The summed E-state index contributed by atoms with van der Waals surface area (Å²) in [4.78, 5) is 2.55. The quantitative estimate of drug-likeness (QED) is 0.571. The fraction of sp³-hybridized carbons (Fsp3) is 1.00. The van der Waals surface area contributed by atoms with Gasteiger partial charge in [0.2, 0.25) is 0 Å². The summed E-state index contributed by atoms with van der Waals surface area (Å²) >= 11 is 0. The second kappa shape index (κ2) is 6.99. The van der Waals surface area contributed by atoms with E-state index < -0.39 is 0 Å². The van der Waals surface area contributed by atoms with Crippen molar-refractivity contribution in [1.29, 1.82) is 0 Å². The molecular formula is C14H29N3O2. The maximum absolute atomic E-state index is 5.92. The zero-order valence-electron chi connectivity index (χ0n) is 12.4. The molecule has 0 saturated carbocycles. The Morgan fingerprint density at radius 3 is 2.32 bits per heavy atom. The first kappa shape index (κ1) is 15.2. The van der Waals surface area contributed by atoms with Crippen molar-refractivity contribution >= 4 is 0 Å². The summed E-state index contributed by atoms with van der Waals surface area (Å²) in [5.74, 6) is 6.53. The van der Waals surface area contributed by atoms with Crippen molar-refractivity contribution in [3.63, 3.8) is 0 Å². The summed E-state index contributed by atoms with van der Waals surface area (Å²) in [5.41, 5.74) is 3.22. The lowest BCUT2D eigenvalue weighted by molar-refractivity contribution is -0.0524. The molecule has 2 saturated heterocycles. The van der Waals surface area contributed by atoms with E-state index in [-0.39, 0.29) is 5.54 Å². The molecule has 0 amide bonds. The van der Waals surface area contributed by atoms with E-state index >= 15 is 0 Å². The molecule has 5 heteroatoms. The van der Waals surface area contributed by atoms with Gasteiger partial charge in [-0.05, 0) is 32.1 Å². The molecule has 0 aromatic carbocycles. The Balaban J connectivity index is 2.10. The maximum Gasteiger partial charge on any atom is 0.0594 e. The van der Waals surface area contributed by atoms with Gasteiger partial charge in [0, 0.05) is 37.9 Å². The Morgan fingerprint density at radius 2 is 1.79 bits per heavy atom. The van der Waals surface area contributed by atoms with E-state index in [9.17, 15) is 0 Å². The van der Waals surface area contributed by atoms with Gasteiger partial charge in [-0.15, -0.1) is 0 Å². The number of ether oxygens (including phenoxy) is 2. The second-order valence-electron chi connectivity index (χ2n) is 5.90. The summed E-state index contributed by atoms with van der Waals surface area (Å²) < 4.78 is 11.0. The molecule has 2 rings (SSSR count). The van der Waals surface area contributed by atoms with Crippen LogP contribution in [0.4, 0.5) is 0 Å². The minimum Gasteiger partial charge on any atom is -0.381 e. The fourth-order valence-corrected chi connectivity index (χ4v) is 3.59. The summed E-state index contributed by atoms with van der Waals surface area (Å²) in [6.07, 6.45) is 3.31. The average molecular weight is 271 g/mol. The lowest BCUT2D eigenvalue weighted by atomic mass is 9.76. The standard InChI is InChI=1S/C14H29N3O2/c1-3-14(2,17-6-10-19-11-7-17)13(16-15)12-4-8-18-9-5-12/h12-13,16H,3-11,15H2,1-2H3. The third kappa shape index (κ3) is 3.28. The van der Waals surface area contributed by atoms with Crippen LogP contribution < -0.4 is 11.3 Å². The highest BCUT2D eigenvalue weighted by atomic mass is 16.5. The van der Waals surface area contributed by atoms with Gasteiger partial charge >= 0.3 is 0 Å². The molecule has 5 nitrogen and oxygen atoms in total. The molecule has 112 valence electrons. The largest absolute Gasteiger partial charge is 0.381 e. The number of morpholine rings is 1. The van der Waals surface area contributed by atoms with E-state index in [2.05, 4.69) is 24.2 Å². The van der Waals surface area contributed by atoms with Crippen LogP contribution in [-0.2, 0) is 9.47 Å². The van der Waals surface area contributed by atoms with Gasteiger partial charge in [-0.25, -0.2) is 0 Å². The number of hydrazine groups is 1. The normalized spacial score (nSPS) is 27.9. The molecule has 2 atom stereocenters. The lowest BCUT2D eigenvalue weighted by Gasteiger charge is -2.50. The topological polar surface area (TPSA) is 59.8 Å². The predicted octanol–water partition coefficient (Wildman–Crippen LogP) is 0.746. The van der Waals surface area contributed by atoms with Crippen LogP contribution in [0.1, 0.15) is 33.1 Å². The number of hydrogen-bond acceptors (Lipinski definition) is 5. The van der Waals surface area contributed by atoms with Crippen LogP contribution in [0.25, 0.3) is 0 Å². The van der Waals surface area contributed by atoms with Crippen LogP contribution in [0.2, 0.25) is 0 Å². The molecule has 0 aliphatic carbocycles. The molecule has 2 aliphatic heterocycles. The Morgan fingerprint density at radius 1 is 1.21 bits per heavy atom. The van der Waals surface area contributed by atoms with Crippen LogP contribution in [0.3, 0.4) is 0 Å². The van der Waals surface area contributed by atoms with Crippen LogP contribution in [0.5, 0.6) is 0 Å². The van der Waals surface area contributed by atoms with Crippen molar-refractivity contribution in [1.82, 2.24) is 10.3 Å². The minimum atomic E-state index is 0.0978. The van der Waals surface area contributed by atoms with E-state index in [0.29, 0.717) is 12.0 Å². The van der Waals surface area contributed by atoms with Gasteiger partial charge in [0.15, 0.2) is 0 Å². The van der Waals surface area contributed by atoms with Crippen molar-refractivity contribution < 1.29 is 9.47 Å². The molecule has 2 fully saturated rings. The summed E-state index contributed by atoms with van der Waals surface area (Å²) in [6.45, 7) is 10.0. The molecule has 0 spiro atoms. The summed E-state index contributed by atoms with van der Waals surface area (Å²) in [6, 6.07) is 0.319. The SMILES string of the molecule is CCC(C)(C(NN)C1CCOCC1)N1CCOCC1. The Kier molecular flexibility index (Phi) is 5.59. The molecule has 0 radical (unpaired) electrons. The van der Waals surface area contributed by atoms with Crippen LogP contribution in [-0.4, -0.2) is 56.0 Å². The first-order chi connectivity index (χ1) is 9.22. The van der Waals surface area contributed by atoms with Gasteiger partial charge in [-0.3, -0.25) is 16.2 Å². The van der Waals surface area contributed by atoms with Crippen LogP contribution in [0.15, 0.2) is 0 Å². The monoisotopic (exact) mass is 271 g/mol. The van der Waals surface area contributed by atoms with Crippen molar-refractivity contribution in [2.45, 2.75) is 44.7 Å². The predicted molar refractivity (Wildman–Crippen MR) is 75.7 cm³/mol. The molecule has 0 bridgehead atoms. The molecule has 0 aromatic heterocycles. The zero-order valence-corrected chi connectivity index (χ0v) is 12.4. The van der Waals surface area contributed by atoms with Gasteiger partial charge in [-0.2, -0.15) is 0 Å². The highest BCUT2D eigenvalue weighted by molar-refractivity contribution is 4.99. The highest BCUT2D eigenvalue weighted by Crippen LogP contribution is 2.32. The van der Waals surface area contributed by atoms with Crippen LogP contribution >= 0.6 is 0 Å². The van der Waals surface area contributed by atoms with Gasteiger partial charge in [0.1, 0.15) is 0 Å². The lowest BCUT2D eigenvalue weighted by Crippen LogP contribution is -2.65. The van der Waals surface area contributed by atoms with Gasteiger partial charge < -0.3 is 9.47 Å². The van der Waals surface area contributed by atoms with E-state index in [1.54, 1.807) is 0 Å². The smallest absolute Gasteiger partial charge is 0.0594 e.